The average molecular weight is 356 g/mol. The normalized spacial score (nSPS) is 11.2. The minimum absolute atomic E-state index is 0.471. The van der Waals surface area contributed by atoms with Crippen LogP contribution in [0.2, 0.25) is 0 Å². The molecule has 0 atom stereocenters. The molecule has 0 saturated carbocycles. The number of benzene rings is 1. The second-order valence-corrected chi connectivity index (χ2v) is 5.97. The zero-order valence-electron chi connectivity index (χ0n) is 15.6. The lowest BCUT2D eigenvalue weighted by molar-refractivity contribution is 0.407. The maximum absolute atomic E-state index is 5.88. The molecule has 140 valence electrons. The highest BCUT2D eigenvalue weighted by atomic mass is 16.5. The van der Waals surface area contributed by atoms with Crippen molar-refractivity contribution in [1.82, 2.24) is 10.3 Å². The molecule has 0 aliphatic rings. The second kappa shape index (κ2) is 11.0. The van der Waals surface area contributed by atoms with Crippen molar-refractivity contribution >= 4 is 5.96 Å². The van der Waals surface area contributed by atoms with E-state index in [2.05, 4.69) is 22.2 Å². The van der Waals surface area contributed by atoms with Crippen molar-refractivity contribution in [3.05, 3.63) is 48.2 Å². The van der Waals surface area contributed by atoms with E-state index in [4.69, 9.17) is 15.2 Å². The monoisotopic (exact) mass is 356 g/mol. The first-order chi connectivity index (χ1) is 12.7. The minimum atomic E-state index is 0.471. The Morgan fingerprint density at radius 2 is 2.00 bits per heavy atom. The summed E-state index contributed by atoms with van der Waals surface area (Å²) < 4.78 is 10.9. The number of hydrogen-bond acceptors (Lipinski definition) is 4. The summed E-state index contributed by atoms with van der Waals surface area (Å²) in [6, 6.07) is 11.2. The molecule has 0 aliphatic heterocycles. The predicted molar refractivity (Wildman–Crippen MR) is 105 cm³/mol. The van der Waals surface area contributed by atoms with E-state index in [9.17, 15) is 0 Å². The zero-order chi connectivity index (χ0) is 18.6. The summed E-state index contributed by atoms with van der Waals surface area (Å²) in [5.74, 6) is 2.41. The van der Waals surface area contributed by atoms with Crippen molar-refractivity contribution in [1.29, 1.82) is 0 Å². The van der Waals surface area contributed by atoms with Gasteiger partial charge in [0, 0.05) is 24.9 Å². The highest BCUT2D eigenvalue weighted by Gasteiger charge is 2.01. The molecule has 1 heterocycles. The van der Waals surface area contributed by atoms with Gasteiger partial charge < -0.3 is 20.5 Å². The van der Waals surface area contributed by atoms with Crippen molar-refractivity contribution in [3.63, 3.8) is 0 Å². The molecule has 6 heteroatoms. The molecule has 0 saturated heterocycles. The van der Waals surface area contributed by atoms with E-state index >= 15 is 0 Å². The maximum atomic E-state index is 5.88. The molecule has 0 radical (unpaired) electrons. The number of ether oxygens (including phenoxy) is 2. The topological polar surface area (TPSA) is 81.8 Å². The van der Waals surface area contributed by atoms with Gasteiger partial charge >= 0.3 is 0 Å². The first-order valence-electron chi connectivity index (χ1n) is 9.02. The van der Waals surface area contributed by atoms with E-state index in [1.54, 1.807) is 13.3 Å². The van der Waals surface area contributed by atoms with Crippen molar-refractivity contribution in [2.45, 2.75) is 39.2 Å². The van der Waals surface area contributed by atoms with E-state index < -0.39 is 0 Å². The molecular formula is C20H28N4O2. The van der Waals surface area contributed by atoms with Gasteiger partial charge in [0.15, 0.2) is 5.96 Å². The number of hydrogen-bond donors (Lipinski definition) is 2. The van der Waals surface area contributed by atoms with E-state index in [1.807, 2.05) is 36.4 Å². The van der Waals surface area contributed by atoms with Crippen molar-refractivity contribution in [2.75, 3.05) is 13.7 Å². The van der Waals surface area contributed by atoms with Crippen LogP contribution in [0.25, 0.3) is 0 Å². The lowest BCUT2D eigenvalue weighted by Crippen LogP contribution is -2.32. The van der Waals surface area contributed by atoms with Gasteiger partial charge in [-0.3, -0.25) is 0 Å². The number of nitrogens with zero attached hydrogens (tertiary/aromatic N) is 2. The number of rotatable bonds is 10. The Kier molecular flexibility index (Phi) is 8.26. The largest absolute Gasteiger partial charge is 0.497 e. The third-order valence-electron chi connectivity index (χ3n) is 3.83. The summed E-state index contributed by atoms with van der Waals surface area (Å²) in [6.45, 7) is 3.55. The van der Waals surface area contributed by atoms with E-state index in [1.165, 1.54) is 19.3 Å². The second-order valence-electron chi connectivity index (χ2n) is 5.97. The quantitative estimate of drug-likeness (QED) is 0.384. The van der Waals surface area contributed by atoms with Crippen molar-refractivity contribution in [2.24, 2.45) is 10.7 Å². The molecule has 1 aromatic heterocycles. The Hall–Kier alpha value is -2.76. The standard InChI is InChI=1S/C20H28N4O2/c1-3-4-5-6-12-22-20(21)24-15-16-10-11-19(23-14-16)26-18-9-7-8-17(13-18)25-2/h7-11,13-14H,3-6,12,15H2,1-2H3,(H3,21,22,24). The van der Waals surface area contributed by atoms with Gasteiger partial charge in [0.2, 0.25) is 5.88 Å². The molecule has 1 aromatic carbocycles. The molecule has 0 spiro atoms. The van der Waals surface area contributed by atoms with Crippen LogP contribution in [0.1, 0.15) is 38.2 Å². The van der Waals surface area contributed by atoms with Crippen LogP contribution in [-0.4, -0.2) is 24.6 Å². The molecule has 0 unspecified atom stereocenters. The highest BCUT2D eigenvalue weighted by molar-refractivity contribution is 5.77. The lowest BCUT2D eigenvalue weighted by atomic mass is 10.2. The van der Waals surface area contributed by atoms with Gasteiger partial charge in [-0.2, -0.15) is 0 Å². The molecule has 26 heavy (non-hydrogen) atoms. The summed E-state index contributed by atoms with van der Waals surface area (Å²) in [6.07, 6.45) is 6.56. The molecule has 0 amide bonds. The van der Waals surface area contributed by atoms with E-state index in [0.717, 1.165) is 24.3 Å². The number of methoxy groups -OCH3 is 1. The minimum Gasteiger partial charge on any atom is -0.497 e. The van der Waals surface area contributed by atoms with Gasteiger partial charge in [0.05, 0.1) is 13.7 Å². The van der Waals surface area contributed by atoms with Gasteiger partial charge in [-0.05, 0) is 24.1 Å². The third kappa shape index (κ3) is 7.01. The maximum Gasteiger partial charge on any atom is 0.219 e. The van der Waals surface area contributed by atoms with Gasteiger partial charge in [0.1, 0.15) is 11.5 Å². The molecule has 3 N–H and O–H groups in total. The van der Waals surface area contributed by atoms with Gasteiger partial charge in [-0.1, -0.05) is 38.3 Å². The van der Waals surface area contributed by atoms with Crippen LogP contribution in [0.5, 0.6) is 17.4 Å². The van der Waals surface area contributed by atoms with E-state index in [0.29, 0.717) is 24.1 Å². The molecule has 2 aromatic rings. The van der Waals surface area contributed by atoms with Crippen LogP contribution in [-0.2, 0) is 6.54 Å². The fourth-order valence-corrected chi connectivity index (χ4v) is 2.35. The van der Waals surface area contributed by atoms with Crippen LogP contribution in [0.3, 0.4) is 0 Å². The van der Waals surface area contributed by atoms with Crippen LogP contribution in [0, 0.1) is 0 Å². The summed E-state index contributed by atoms with van der Waals surface area (Å²) in [7, 11) is 1.62. The zero-order valence-corrected chi connectivity index (χ0v) is 15.6. The number of aromatic nitrogens is 1. The fraction of sp³-hybridized carbons (Fsp3) is 0.400. The summed E-state index contributed by atoms with van der Waals surface area (Å²) in [5.41, 5.74) is 6.85. The SMILES string of the molecule is CCCCCCNC(N)=NCc1ccc(Oc2cccc(OC)c2)nc1. The summed E-state index contributed by atoms with van der Waals surface area (Å²) >= 11 is 0. The third-order valence-corrected chi connectivity index (χ3v) is 3.83. The fourth-order valence-electron chi connectivity index (χ4n) is 2.35. The molecule has 0 bridgehead atoms. The van der Waals surface area contributed by atoms with Crippen LogP contribution in [0.15, 0.2) is 47.6 Å². The predicted octanol–water partition coefficient (Wildman–Crippen LogP) is 3.87. The number of nitrogens with two attached hydrogens (primary N) is 1. The molecule has 6 nitrogen and oxygen atoms in total. The molecular weight excluding hydrogens is 328 g/mol. The molecule has 0 aliphatic carbocycles. The Morgan fingerprint density at radius 1 is 1.15 bits per heavy atom. The van der Waals surface area contributed by atoms with Gasteiger partial charge in [-0.15, -0.1) is 0 Å². The highest BCUT2D eigenvalue weighted by Crippen LogP contribution is 2.23. The lowest BCUT2D eigenvalue weighted by Gasteiger charge is -2.07. The van der Waals surface area contributed by atoms with Crippen molar-refractivity contribution < 1.29 is 9.47 Å². The first kappa shape index (κ1) is 19.6. The van der Waals surface area contributed by atoms with Crippen molar-refractivity contribution in [3.8, 4) is 17.4 Å². The Labute approximate surface area is 155 Å². The molecule has 0 fully saturated rings. The summed E-state index contributed by atoms with van der Waals surface area (Å²) in [4.78, 5) is 8.64. The number of nitrogens with one attached hydrogen (secondary N) is 1. The number of unbranched alkanes of at least 4 members (excludes halogenated alkanes) is 3. The van der Waals surface area contributed by atoms with Crippen LogP contribution >= 0.6 is 0 Å². The Morgan fingerprint density at radius 3 is 2.73 bits per heavy atom. The Bertz CT molecular complexity index is 686. The van der Waals surface area contributed by atoms with Gasteiger partial charge in [-0.25, -0.2) is 9.98 Å². The average Bonchev–Trinajstić information content (AvgIpc) is 2.67. The number of aliphatic imine (C=N–C) groups is 1. The summed E-state index contributed by atoms with van der Waals surface area (Å²) in [5, 5.41) is 3.14. The Balaban J connectivity index is 1.80. The van der Waals surface area contributed by atoms with Crippen LogP contribution in [0.4, 0.5) is 0 Å². The smallest absolute Gasteiger partial charge is 0.219 e. The van der Waals surface area contributed by atoms with E-state index in [-0.39, 0.29) is 0 Å². The first-order valence-corrected chi connectivity index (χ1v) is 9.02. The number of guanidine groups is 1. The van der Waals surface area contributed by atoms with Gasteiger partial charge in [0.25, 0.3) is 0 Å². The van der Waals surface area contributed by atoms with Crippen LogP contribution < -0.4 is 20.5 Å². The molecule has 2 rings (SSSR count). The number of pyridine rings is 1.